The van der Waals surface area contributed by atoms with Crippen LogP contribution in [0.3, 0.4) is 0 Å². The molecule has 0 radical (unpaired) electrons. The van der Waals surface area contributed by atoms with Crippen molar-refractivity contribution in [2.24, 2.45) is 5.10 Å². The van der Waals surface area contributed by atoms with E-state index in [2.05, 4.69) is 5.10 Å². The molecule has 1 aliphatic heterocycles. The van der Waals surface area contributed by atoms with E-state index in [-0.39, 0.29) is 6.54 Å². The first-order chi connectivity index (χ1) is 6.03. The van der Waals surface area contributed by atoms with Crippen LogP contribution in [0.15, 0.2) is 5.10 Å². The first kappa shape index (κ1) is 10.4. The molecule has 0 amide bonds. The van der Waals surface area contributed by atoms with Gasteiger partial charge < -0.3 is 4.79 Å². The summed E-state index contributed by atoms with van der Waals surface area (Å²) < 4.78 is 24.7. The van der Waals surface area contributed by atoms with Crippen molar-refractivity contribution in [2.45, 2.75) is 18.2 Å². The van der Waals surface area contributed by atoms with Gasteiger partial charge in [0.15, 0.2) is 4.87 Å². The number of rotatable bonds is 3. The van der Waals surface area contributed by atoms with Crippen LogP contribution in [0, 0.1) is 0 Å². The van der Waals surface area contributed by atoms with Gasteiger partial charge in [0.1, 0.15) is 12.0 Å². The molecule has 0 aliphatic carbocycles. The Hall–Kier alpha value is -0.710. The van der Waals surface area contributed by atoms with E-state index in [4.69, 9.17) is 11.6 Å². The smallest absolute Gasteiger partial charge is 0.280 e. The minimum absolute atomic E-state index is 0.0221. The quantitative estimate of drug-likeness (QED) is 0.517. The predicted octanol–water partition coefficient (Wildman–Crippen LogP) is 1.12. The minimum atomic E-state index is -2.78. The molecule has 1 atom stereocenters. The number of aldehydes is 1. The molecule has 0 fully saturated rings. The maximum atomic E-state index is 12.3. The summed E-state index contributed by atoms with van der Waals surface area (Å²) in [6.07, 6.45) is -2.46. The highest BCUT2D eigenvalue weighted by atomic mass is 35.5. The zero-order valence-electron chi connectivity index (χ0n) is 7.01. The zero-order valence-corrected chi connectivity index (χ0v) is 7.76. The Morgan fingerprint density at radius 2 is 2.46 bits per heavy atom. The summed E-state index contributed by atoms with van der Waals surface area (Å²) in [6, 6.07) is 0. The van der Waals surface area contributed by atoms with Gasteiger partial charge in [-0.1, -0.05) is 0 Å². The van der Waals surface area contributed by atoms with Crippen LogP contribution in [-0.2, 0) is 4.79 Å². The number of hydrogen-bond donors (Lipinski definition) is 0. The van der Waals surface area contributed by atoms with Crippen LogP contribution in [0.2, 0.25) is 0 Å². The van der Waals surface area contributed by atoms with Crippen LogP contribution in [-0.4, -0.2) is 41.4 Å². The number of hydrazone groups is 1. The molecule has 0 saturated heterocycles. The van der Waals surface area contributed by atoms with Crippen LogP contribution in [0.5, 0.6) is 0 Å². The molecule has 1 aliphatic rings. The van der Waals surface area contributed by atoms with Gasteiger partial charge in [0.25, 0.3) is 6.43 Å². The van der Waals surface area contributed by atoms with E-state index in [9.17, 15) is 13.6 Å². The zero-order chi connectivity index (χ0) is 10.1. The Morgan fingerprint density at radius 1 is 1.85 bits per heavy atom. The lowest BCUT2D eigenvalue weighted by molar-refractivity contribution is -0.108. The van der Waals surface area contributed by atoms with Gasteiger partial charge in [0, 0.05) is 6.54 Å². The highest BCUT2D eigenvalue weighted by Crippen LogP contribution is 2.26. The maximum Gasteiger partial charge on any atom is 0.280 e. The van der Waals surface area contributed by atoms with Gasteiger partial charge in [-0.25, -0.2) is 8.78 Å². The van der Waals surface area contributed by atoms with Crippen molar-refractivity contribution in [2.75, 3.05) is 13.1 Å². The van der Waals surface area contributed by atoms with Crippen molar-refractivity contribution in [1.29, 1.82) is 0 Å². The van der Waals surface area contributed by atoms with Crippen molar-refractivity contribution >= 4 is 23.6 Å². The van der Waals surface area contributed by atoms with Crippen molar-refractivity contribution in [1.82, 2.24) is 5.01 Å². The molecule has 1 unspecified atom stereocenters. The van der Waals surface area contributed by atoms with E-state index >= 15 is 0 Å². The lowest BCUT2D eigenvalue weighted by atomic mass is 10.1. The lowest BCUT2D eigenvalue weighted by Gasteiger charge is -2.16. The summed E-state index contributed by atoms with van der Waals surface area (Å²) in [6.45, 7) is 2.23. The van der Waals surface area contributed by atoms with E-state index in [1.165, 1.54) is 5.01 Å². The second kappa shape index (κ2) is 3.57. The molecule has 0 spiro atoms. The van der Waals surface area contributed by atoms with Crippen molar-refractivity contribution in [3.8, 4) is 0 Å². The summed E-state index contributed by atoms with van der Waals surface area (Å²) in [7, 11) is 0. The molecule has 0 N–H and O–H groups in total. The Kier molecular flexibility index (Phi) is 2.85. The molecule has 13 heavy (non-hydrogen) atoms. The van der Waals surface area contributed by atoms with Crippen LogP contribution < -0.4 is 0 Å². The van der Waals surface area contributed by atoms with E-state index < -0.39 is 17.0 Å². The molecule has 0 aromatic heterocycles. The van der Waals surface area contributed by atoms with Crippen molar-refractivity contribution in [3.63, 3.8) is 0 Å². The van der Waals surface area contributed by atoms with E-state index in [1.807, 2.05) is 0 Å². The van der Waals surface area contributed by atoms with E-state index in [0.717, 1.165) is 0 Å². The van der Waals surface area contributed by atoms with Gasteiger partial charge >= 0.3 is 0 Å². The Labute approximate surface area is 79.3 Å². The fourth-order valence-electron chi connectivity index (χ4n) is 1.12. The number of carbonyl (C=O) groups is 1. The van der Waals surface area contributed by atoms with E-state index in [1.54, 1.807) is 6.92 Å². The Bertz CT molecular complexity index is 247. The fourth-order valence-corrected chi connectivity index (χ4v) is 1.38. The minimum Gasteiger partial charge on any atom is -0.301 e. The van der Waals surface area contributed by atoms with Gasteiger partial charge in [0.2, 0.25) is 0 Å². The number of alkyl halides is 3. The topological polar surface area (TPSA) is 32.7 Å². The third kappa shape index (κ3) is 1.80. The SMILES string of the molecule is CCN1CC(Cl)(C=O)C(C(F)F)=N1. The molecular formula is C7H9ClF2N2O. The monoisotopic (exact) mass is 210 g/mol. The normalized spacial score (nSPS) is 28.1. The summed E-state index contributed by atoms with van der Waals surface area (Å²) in [5.74, 6) is 0. The first-order valence-electron chi connectivity index (χ1n) is 3.81. The second-order valence-corrected chi connectivity index (χ2v) is 3.42. The fraction of sp³-hybridized carbons (Fsp3) is 0.714. The molecule has 74 valence electrons. The van der Waals surface area contributed by atoms with Crippen molar-refractivity contribution < 1.29 is 13.6 Å². The summed E-state index contributed by atoms with van der Waals surface area (Å²) in [5.41, 5.74) is -0.550. The molecule has 0 aromatic carbocycles. The van der Waals surface area contributed by atoms with Gasteiger partial charge in [-0.15, -0.1) is 11.6 Å². The van der Waals surface area contributed by atoms with Crippen LogP contribution in [0.4, 0.5) is 8.78 Å². The second-order valence-electron chi connectivity index (χ2n) is 2.75. The maximum absolute atomic E-state index is 12.3. The Morgan fingerprint density at radius 3 is 2.77 bits per heavy atom. The number of nitrogens with zero attached hydrogens (tertiary/aromatic N) is 2. The van der Waals surface area contributed by atoms with Crippen molar-refractivity contribution in [3.05, 3.63) is 0 Å². The summed E-state index contributed by atoms with van der Waals surface area (Å²) in [5, 5.41) is 4.92. The van der Waals surface area contributed by atoms with Crippen LogP contribution in [0.25, 0.3) is 0 Å². The lowest BCUT2D eigenvalue weighted by Crippen LogP contribution is -2.40. The molecular weight excluding hydrogens is 202 g/mol. The Balaban J connectivity index is 2.91. The standard InChI is InChI=1S/C7H9ClF2N2O/c1-2-12-3-7(8,4-13)5(11-12)6(9)10/h4,6H,2-3H2,1H3. The average molecular weight is 211 g/mol. The van der Waals surface area contributed by atoms with Crippen LogP contribution >= 0.6 is 11.6 Å². The third-order valence-electron chi connectivity index (χ3n) is 1.85. The number of hydrogen-bond acceptors (Lipinski definition) is 3. The molecule has 0 aromatic rings. The van der Waals surface area contributed by atoms with Gasteiger partial charge in [-0.3, -0.25) is 5.01 Å². The number of halogens is 3. The summed E-state index contributed by atoms with van der Waals surface area (Å²) in [4.78, 5) is 8.90. The first-order valence-corrected chi connectivity index (χ1v) is 4.18. The molecule has 3 nitrogen and oxygen atoms in total. The van der Waals surface area contributed by atoms with Gasteiger partial charge in [0.05, 0.1) is 6.54 Å². The molecule has 1 rings (SSSR count). The van der Waals surface area contributed by atoms with E-state index in [0.29, 0.717) is 12.8 Å². The van der Waals surface area contributed by atoms with Gasteiger partial charge in [-0.05, 0) is 6.92 Å². The highest BCUT2D eigenvalue weighted by molar-refractivity contribution is 6.45. The van der Waals surface area contributed by atoms with Gasteiger partial charge in [-0.2, -0.15) is 5.10 Å². The molecule has 0 bridgehead atoms. The molecule has 0 saturated carbocycles. The average Bonchev–Trinajstić information content (AvgIpc) is 2.44. The molecule has 1 heterocycles. The summed E-state index contributed by atoms with van der Waals surface area (Å²) >= 11 is 5.67. The van der Waals surface area contributed by atoms with Crippen LogP contribution in [0.1, 0.15) is 6.92 Å². The largest absolute Gasteiger partial charge is 0.301 e. The predicted molar refractivity (Wildman–Crippen MR) is 45.3 cm³/mol. The molecule has 6 heteroatoms. The third-order valence-corrected chi connectivity index (χ3v) is 2.25. The highest BCUT2D eigenvalue weighted by Gasteiger charge is 2.45. The number of carbonyl (C=O) groups excluding carboxylic acids is 1.